The van der Waals surface area contributed by atoms with E-state index in [1.165, 1.54) is 13.2 Å². The zero-order chi connectivity index (χ0) is 23.4. The molecule has 3 heterocycles. The van der Waals surface area contributed by atoms with Gasteiger partial charge in [0.2, 0.25) is 5.95 Å². The SMILES string of the molecule is CCC(=O)c1cc(CCc2cnc(Nc3cnn(C4CN(CC)C4)c3)nc2)c(F)c(OC)c1. The molecule has 0 bridgehead atoms. The molecule has 8 nitrogen and oxygen atoms in total. The van der Waals surface area contributed by atoms with Crippen molar-refractivity contribution in [2.24, 2.45) is 0 Å². The van der Waals surface area contributed by atoms with Gasteiger partial charge in [-0.15, -0.1) is 0 Å². The lowest BCUT2D eigenvalue weighted by Crippen LogP contribution is -2.47. The minimum absolute atomic E-state index is 0.0448. The monoisotopic (exact) mass is 452 g/mol. The smallest absolute Gasteiger partial charge is 0.227 e. The van der Waals surface area contributed by atoms with E-state index in [0.29, 0.717) is 42.4 Å². The van der Waals surface area contributed by atoms with Crippen molar-refractivity contribution < 1.29 is 13.9 Å². The number of halogens is 1. The summed E-state index contributed by atoms with van der Waals surface area (Å²) in [6.07, 6.45) is 8.49. The molecule has 1 saturated heterocycles. The largest absolute Gasteiger partial charge is 0.494 e. The molecule has 1 N–H and O–H groups in total. The number of aromatic nitrogens is 4. The van der Waals surface area contributed by atoms with Crippen molar-refractivity contribution in [3.8, 4) is 5.75 Å². The molecular weight excluding hydrogens is 423 g/mol. The van der Waals surface area contributed by atoms with Crippen molar-refractivity contribution in [3.63, 3.8) is 0 Å². The fraction of sp³-hybridized carbons (Fsp3) is 0.417. The lowest BCUT2D eigenvalue weighted by atomic mass is 10.00. The van der Waals surface area contributed by atoms with Crippen LogP contribution in [0.3, 0.4) is 0 Å². The third-order valence-corrected chi connectivity index (χ3v) is 5.98. The lowest BCUT2D eigenvalue weighted by Gasteiger charge is -2.38. The number of aryl methyl sites for hydroxylation is 2. The fourth-order valence-corrected chi connectivity index (χ4v) is 3.88. The number of Topliss-reactive ketones (excluding diaryl/α,β-unsaturated/α-hetero) is 1. The molecule has 0 spiro atoms. The van der Waals surface area contributed by atoms with Crippen molar-refractivity contribution in [3.05, 3.63) is 59.4 Å². The third kappa shape index (κ3) is 5.19. The number of methoxy groups -OCH3 is 1. The zero-order valence-electron chi connectivity index (χ0n) is 19.2. The van der Waals surface area contributed by atoms with Gasteiger partial charge in [-0.1, -0.05) is 13.8 Å². The van der Waals surface area contributed by atoms with Gasteiger partial charge in [-0.05, 0) is 42.6 Å². The maximum Gasteiger partial charge on any atom is 0.227 e. The summed E-state index contributed by atoms with van der Waals surface area (Å²) in [5.74, 6) is 0.0851. The summed E-state index contributed by atoms with van der Waals surface area (Å²) in [6.45, 7) is 7.04. The number of carbonyl (C=O) groups excluding carboxylic acids is 1. The Hall–Kier alpha value is -3.33. The van der Waals surface area contributed by atoms with Crippen LogP contribution in [0.2, 0.25) is 0 Å². The van der Waals surface area contributed by atoms with Crippen LogP contribution >= 0.6 is 0 Å². The van der Waals surface area contributed by atoms with Gasteiger partial charge in [0, 0.05) is 43.7 Å². The third-order valence-electron chi connectivity index (χ3n) is 5.98. The van der Waals surface area contributed by atoms with Crippen LogP contribution in [0.4, 0.5) is 16.0 Å². The van der Waals surface area contributed by atoms with Gasteiger partial charge in [-0.3, -0.25) is 14.4 Å². The van der Waals surface area contributed by atoms with Crippen LogP contribution in [-0.2, 0) is 12.8 Å². The van der Waals surface area contributed by atoms with Crippen LogP contribution in [0, 0.1) is 5.82 Å². The molecule has 3 aromatic rings. The first-order chi connectivity index (χ1) is 16.0. The van der Waals surface area contributed by atoms with Crippen molar-refractivity contribution in [2.45, 2.75) is 39.2 Å². The summed E-state index contributed by atoms with van der Waals surface area (Å²) < 4.78 is 21.8. The first-order valence-corrected chi connectivity index (χ1v) is 11.2. The van der Waals surface area contributed by atoms with Gasteiger partial charge in [0.25, 0.3) is 0 Å². The average molecular weight is 453 g/mol. The minimum atomic E-state index is -0.435. The predicted octanol–water partition coefficient (Wildman–Crippen LogP) is 3.82. The van der Waals surface area contributed by atoms with E-state index in [4.69, 9.17) is 4.74 Å². The Bertz CT molecular complexity index is 1110. The van der Waals surface area contributed by atoms with Crippen LogP contribution in [0.25, 0.3) is 0 Å². The van der Waals surface area contributed by atoms with E-state index in [0.717, 1.165) is 30.9 Å². The quantitative estimate of drug-likeness (QED) is 0.468. The number of ketones is 1. The Morgan fingerprint density at radius 2 is 1.94 bits per heavy atom. The molecule has 1 fully saturated rings. The summed E-state index contributed by atoms with van der Waals surface area (Å²) >= 11 is 0. The van der Waals surface area contributed by atoms with Crippen molar-refractivity contribution in [1.82, 2.24) is 24.6 Å². The first kappa shape index (κ1) is 22.8. The predicted molar refractivity (Wildman–Crippen MR) is 124 cm³/mol. The number of nitrogens with one attached hydrogen (secondary N) is 1. The van der Waals surface area contributed by atoms with Crippen molar-refractivity contribution in [1.29, 1.82) is 0 Å². The van der Waals surface area contributed by atoms with E-state index >= 15 is 0 Å². The highest BCUT2D eigenvalue weighted by Gasteiger charge is 2.27. The highest BCUT2D eigenvalue weighted by Crippen LogP contribution is 2.25. The Kier molecular flexibility index (Phi) is 6.98. The van der Waals surface area contributed by atoms with E-state index in [1.807, 2.05) is 10.9 Å². The summed E-state index contributed by atoms with van der Waals surface area (Å²) in [4.78, 5) is 23.2. The number of likely N-dealkylation sites (tertiary alicyclic amines) is 1. The van der Waals surface area contributed by atoms with Crippen LogP contribution in [0.5, 0.6) is 5.75 Å². The standard InChI is InChI=1S/C24H29FN6O2/c1-4-21(32)18-8-17(23(25)22(9-18)33-3)7-6-16-10-26-24(27-11-16)29-19-12-28-31(13-19)20-14-30(5-2)15-20/h8-13,20H,4-7,14-15H2,1-3H3,(H,26,27,29). The number of nitrogens with zero attached hydrogens (tertiary/aromatic N) is 5. The summed E-state index contributed by atoms with van der Waals surface area (Å²) in [5, 5.41) is 7.60. The first-order valence-electron chi connectivity index (χ1n) is 11.2. The number of carbonyl (C=O) groups is 1. The van der Waals surface area contributed by atoms with Gasteiger partial charge in [-0.2, -0.15) is 5.10 Å². The zero-order valence-corrected chi connectivity index (χ0v) is 19.2. The van der Waals surface area contributed by atoms with Crippen LogP contribution in [0.1, 0.15) is 47.8 Å². The number of ether oxygens (including phenoxy) is 1. The second-order valence-corrected chi connectivity index (χ2v) is 8.18. The maximum absolute atomic E-state index is 14.7. The van der Waals surface area contributed by atoms with E-state index in [-0.39, 0.29) is 11.5 Å². The number of rotatable bonds is 10. The molecule has 1 aromatic carbocycles. The lowest BCUT2D eigenvalue weighted by molar-refractivity contribution is 0.0987. The van der Waals surface area contributed by atoms with Gasteiger partial charge >= 0.3 is 0 Å². The van der Waals surface area contributed by atoms with E-state index in [1.54, 1.807) is 31.6 Å². The van der Waals surface area contributed by atoms with Gasteiger partial charge in [-0.25, -0.2) is 14.4 Å². The molecule has 0 atom stereocenters. The average Bonchev–Trinajstić information content (AvgIpc) is 3.26. The van der Waals surface area contributed by atoms with Gasteiger partial charge in [0.05, 0.1) is 25.0 Å². The highest BCUT2D eigenvalue weighted by molar-refractivity contribution is 5.96. The van der Waals surface area contributed by atoms with E-state index < -0.39 is 5.82 Å². The molecule has 0 radical (unpaired) electrons. The maximum atomic E-state index is 14.7. The van der Waals surface area contributed by atoms with Crippen molar-refractivity contribution in [2.75, 3.05) is 32.1 Å². The molecule has 33 heavy (non-hydrogen) atoms. The summed E-state index contributed by atoms with van der Waals surface area (Å²) in [7, 11) is 1.40. The van der Waals surface area contributed by atoms with E-state index in [9.17, 15) is 9.18 Å². The van der Waals surface area contributed by atoms with Crippen LogP contribution in [0.15, 0.2) is 36.9 Å². The molecule has 9 heteroatoms. The molecule has 0 saturated carbocycles. The van der Waals surface area contributed by atoms with Crippen molar-refractivity contribution >= 4 is 17.4 Å². The topological polar surface area (TPSA) is 85.2 Å². The van der Waals surface area contributed by atoms with Crippen LogP contribution in [-0.4, -0.2) is 57.2 Å². The normalized spacial score (nSPS) is 14.2. The van der Waals surface area contributed by atoms with Gasteiger partial charge < -0.3 is 10.1 Å². The summed E-state index contributed by atoms with van der Waals surface area (Å²) in [6, 6.07) is 3.48. The number of hydrogen-bond donors (Lipinski definition) is 1. The molecular formula is C24H29FN6O2. The Morgan fingerprint density at radius 3 is 2.61 bits per heavy atom. The fourth-order valence-electron chi connectivity index (χ4n) is 3.88. The Labute approximate surface area is 192 Å². The highest BCUT2D eigenvalue weighted by atomic mass is 19.1. The Balaban J connectivity index is 1.37. The minimum Gasteiger partial charge on any atom is -0.494 e. The van der Waals surface area contributed by atoms with E-state index in [2.05, 4.69) is 32.2 Å². The van der Waals surface area contributed by atoms with Gasteiger partial charge in [0.15, 0.2) is 17.3 Å². The number of anilines is 2. The number of benzene rings is 1. The molecule has 0 amide bonds. The molecule has 0 unspecified atom stereocenters. The van der Waals surface area contributed by atoms with Crippen LogP contribution < -0.4 is 10.1 Å². The second-order valence-electron chi connectivity index (χ2n) is 8.18. The molecule has 174 valence electrons. The number of hydrogen-bond acceptors (Lipinski definition) is 7. The second kappa shape index (κ2) is 10.1. The summed E-state index contributed by atoms with van der Waals surface area (Å²) in [5.41, 5.74) is 2.62. The molecule has 2 aromatic heterocycles. The molecule has 1 aliphatic heterocycles. The Morgan fingerprint density at radius 1 is 1.18 bits per heavy atom. The molecule has 0 aliphatic carbocycles. The van der Waals surface area contributed by atoms with Gasteiger partial charge in [0.1, 0.15) is 0 Å². The molecule has 4 rings (SSSR count). The number of likely N-dealkylation sites (N-methyl/N-ethyl adjacent to an activating group) is 1. The molecule has 1 aliphatic rings.